The number of aromatic nitrogens is 4. The average molecular weight is 313 g/mol. The van der Waals surface area contributed by atoms with Crippen LogP contribution in [0.2, 0.25) is 5.15 Å². The van der Waals surface area contributed by atoms with Crippen LogP contribution in [0.4, 0.5) is 8.78 Å². The molecule has 3 aromatic rings. The highest BCUT2D eigenvalue weighted by molar-refractivity contribution is 6.32. The van der Waals surface area contributed by atoms with Crippen LogP contribution in [-0.4, -0.2) is 30.8 Å². The molecular formula is C12H7ClF2N4O2. The summed E-state index contributed by atoms with van der Waals surface area (Å²) in [6, 6.07) is 6.96. The van der Waals surface area contributed by atoms with Gasteiger partial charge in [-0.1, -0.05) is 23.7 Å². The van der Waals surface area contributed by atoms with E-state index in [9.17, 15) is 13.6 Å². The Bertz CT molecular complexity index is 810. The molecule has 0 saturated heterocycles. The number of imidazole rings is 1. The largest absolute Gasteiger partial charge is 0.478 e. The molecule has 2 heterocycles. The van der Waals surface area contributed by atoms with Gasteiger partial charge in [0.25, 0.3) is 6.43 Å². The molecule has 0 atom stereocenters. The fourth-order valence-electron chi connectivity index (χ4n) is 1.94. The Labute approximate surface area is 121 Å². The van der Waals surface area contributed by atoms with Gasteiger partial charge in [-0.2, -0.15) is 9.78 Å². The zero-order valence-electron chi connectivity index (χ0n) is 10.2. The van der Waals surface area contributed by atoms with Crippen molar-refractivity contribution < 1.29 is 18.7 Å². The van der Waals surface area contributed by atoms with Crippen LogP contribution in [0.25, 0.3) is 17.0 Å². The molecule has 0 radical (unpaired) electrons. The summed E-state index contributed by atoms with van der Waals surface area (Å²) in [4.78, 5) is 18.0. The summed E-state index contributed by atoms with van der Waals surface area (Å²) in [5.74, 6) is -1.51. The number of H-pyrrole nitrogens is 1. The van der Waals surface area contributed by atoms with Gasteiger partial charge in [0, 0.05) is 0 Å². The highest BCUT2D eigenvalue weighted by Gasteiger charge is 2.29. The van der Waals surface area contributed by atoms with Crippen LogP contribution in [0.3, 0.4) is 0 Å². The van der Waals surface area contributed by atoms with E-state index in [-0.39, 0.29) is 5.95 Å². The Hall–Kier alpha value is -2.48. The molecule has 0 bridgehead atoms. The Morgan fingerprint density at radius 1 is 1.38 bits per heavy atom. The third kappa shape index (κ3) is 2.13. The molecule has 0 fully saturated rings. The number of carbonyl (C=O) groups is 1. The van der Waals surface area contributed by atoms with Crippen molar-refractivity contribution in [2.45, 2.75) is 6.43 Å². The Balaban J connectivity index is 2.22. The van der Waals surface area contributed by atoms with Crippen LogP contribution in [0.1, 0.15) is 22.5 Å². The van der Waals surface area contributed by atoms with Crippen LogP contribution in [0.5, 0.6) is 0 Å². The summed E-state index contributed by atoms with van der Waals surface area (Å²) in [7, 11) is 0. The number of fused-ring (bicyclic) bond motifs is 1. The monoisotopic (exact) mass is 312 g/mol. The lowest BCUT2D eigenvalue weighted by Crippen LogP contribution is -2.01. The number of para-hydroxylation sites is 2. The molecule has 3 rings (SSSR count). The normalized spacial score (nSPS) is 11.4. The van der Waals surface area contributed by atoms with Crippen LogP contribution in [0, 0.1) is 0 Å². The minimum atomic E-state index is -3.06. The minimum Gasteiger partial charge on any atom is -0.478 e. The number of rotatable bonds is 3. The molecule has 0 spiro atoms. The lowest BCUT2D eigenvalue weighted by molar-refractivity contribution is 0.0684. The smallest absolute Gasteiger partial charge is 0.341 e. The van der Waals surface area contributed by atoms with E-state index in [4.69, 9.17) is 16.7 Å². The fourth-order valence-corrected chi connectivity index (χ4v) is 2.24. The Morgan fingerprint density at radius 3 is 2.67 bits per heavy atom. The van der Waals surface area contributed by atoms with Gasteiger partial charge < -0.3 is 10.1 Å². The van der Waals surface area contributed by atoms with Gasteiger partial charge in [0.05, 0.1) is 11.0 Å². The maximum atomic E-state index is 12.9. The van der Waals surface area contributed by atoms with E-state index in [0.29, 0.717) is 11.0 Å². The van der Waals surface area contributed by atoms with Gasteiger partial charge in [-0.15, -0.1) is 0 Å². The second-order valence-corrected chi connectivity index (χ2v) is 4.50. The fraction of sp³-hybridized carbons (Fsp3) is 0.0833. The SMILES string of the molecule is O=C(O)c1c(C(F)F)nn(-c2nc3ccccc3[nH]2)c1Cl. The first kappa shape index (κ1) is 13.5. The summed E-state index contributed by atoms with van der Waals surface area (Å²) < 4.78 is 26.6. The molecule has 1 aromatic carbocycles. The molecule has 0 unspecified atom stereocenters. The van der Waals surface area contributed by atoms with Crippen molar-refractivity contribution in [3.63, 3.8) is 0 Å². The van der Waals surface area contributed by atoms with Crippen molar-refractivity contribution in [2.75, 3.05) is 0 Å². The first-order chi connectivity index (χ1) is 9.99. The van der Waals surface area contributed by atoms with Gasteiger partial charge in [0.15, 0.2) is 5.15 Å². The van der Waals surface area contributed by atoms with Crippen molar-refractivity contribution in [1.82, 2.24) is 19.7 Å². The molecular weight excluding hydrogens is 306 g/mol. The molecule has 9 heteroatoms. The molecule has 0 amide bonds. The van der Waals surface area contributed by atoms with Crippen molar-refractivity contribution in [2.24, 2.45) is 0 Å². The zero-order chi connectivity index (χ0) is 15.1. The number of carboxylic acid groups (broad SMARTS) is 1. The van der Waals surface area contributed by atoms with Gasteiger partial charge in [-0.3, -0.25) is 0 Å². The van der Waals surface area contributed by atoms with Gasteiger partial charge in [0.1, 0.15) is 11.3 Å². The quantitative estimate of drug-likeness (QED) is 0.778. The van der Waals surface area contributed by atoms with Crippen molar-refractivity contribution in [1.29, 1.82) is 0 Å². The van der Waals surface area contributed by atoms with Crippen LogP contribution >= 0.6 is 11.6 Å². The highest BCUT2D eigenvalue weighted by Crippen LogP contribution is 2.29. The standard InChI is InChI=1S/C12H7ClF2N4O2/c13-9-7(11(20)21)8(10(14)15)18-19(9)12-16-5-3-1-2-4-6(5)17-12/h1-4,10H,(H,16,17)(H,20,21). The molecule has 21 heavy (non-hydrogen) atoms. The van der Waals surface area contributed by atoms with Gasteiger partial charge in [-0.25, -0.2) is 18.6 Å². The van der Waals surface area contributed by atoms with Crippen LogP contribution < -0.4 is 0 Å². The maximum Gasteiger partial charge on any atom is 0.341 e. The number of aromatic amines is 1. The van der Waals surface area contributed by atoms with Crippen molar-refractivity contribution in [3.8, 4) is 5.95 Å². The molecule has 0 aliphatic rings. The number of benzene rings is 1. The van der Waals surface area contributed by atoms with E-state index >= 15 is 0 Å². The van der Waals surface area contributed by atoms with E-state index in [0.717, 1.165) is 4.68 Å². The maximum absolute atomic E-state index is 12.9. The summed E-state index contributed by atoms with van der Waals surface area (Å²) in [5.41, 5.74) is -0.399. The number of aromatic carboxylic acids is 1. The number of carboxylic acids is 1. The molecule has 0 saturated carbocycles. The molecule has 2 aromatic heterocycles. The minimum absolute atomic E-state index is 0.0654. The Morgan fingerprint density at radius 2 is 2.10 bits per heavy atom. The Kier molecular flexibility index (Phi) is 3.09. The first-order valence-corrected chi connectivity index (χ1v) is 6.12. The number of nitrogens with zero attached hydrogens (tertiary/aromatic N) is 3. The summed E-state index contributed by atoms with van der Waals surface area (Å²) in [5, 5.41) is 12.1. The molecule has 108 valence electrons. The lowest BCUT2D eigenvalue weighted by Gasteiger charge is -1.96. The molecule has 6 nitrogen and oxygen atoms in total. The van der Waals surface area contributed by atoms with E-state index in [1.807, 2.05) is 0 Å². The van der Waals surface area contributed by atoms with Gasteiger partial charge >= 0.3 is 5.97 Å². The number of hydrogen-bond acceptors (Lipinski definition) is 3. The van der Waals surface area contributed by atoms with E-state index < -0.39 is 28.8 Å². The predicted molar refractivity (Wildman–Crippen MR) is 70.1 cm³/mol. The van der Waals surface area contributed by atoms with Gasteiger partial charge in [-0.05, 0) is 12.1 Å². The highest BCUT2D eigenvalue weighted by atomic mass is 35.5. The number of nitrogens with one attached hydrogen (secondary N) is 1. The molecule has 0 aliphatic carbocycles. The first-order valence-electron chi connectivity index (χ1n) is 5.74. The summed E-state index contributed by atoms with van der Waals surface area (Å²) in [6.07, 6.45) is -3.06. The number of alkyl halides is 2. The second-order valence-electron chi connectivity index (χ2n) is 4.15. The third-order valence-electron chi connectivity index (χ3n) is 2.85. The van der Waals surface area contributed by atoms with E-state index in [2.05, 4.69) is 15.1 Å². The predicted octanol–water partition coefficient (Wildman–Crippen LogP) is 3.04. The van der Waals surface area contributed by atoms with Crippen molar-refractivity contribution >= 4 is 28.6 Å². The average Bonchev–Trinajstić information content (AvgIpc) is 2.98. The zero-order valence-corrected chi connectivity index (χ0v) is 11.0. The lowest BCUT2D eigenvalue weighted by atomic mass is 10.2. The van der Waals surface area contributed by atoms with Gasteiger partial charge in [0.2, 0.25) is 5.95 Å². The summed E-state index contributed by atoms with van der Waals surface area (Å²) in [6.45, 7) is 0. The van der Waals surface area contributed by atoms with E-state index in [1.54, 1.807) is 24.3 Å². The topological polar surface area (TPSA) is 83.8 Å². The number of halogens is 3. The van der Waals surface area contributed by atoms with E-state index in [1.165, 1.54) is 0 Å². The van der Waals surface area contributed by atoms with Crippen LogP contribution in [-0.2, 0) is 0 Å². The molecule has 0 aliphatic heterocycles. The molecule has 2 N–H and O–H groups in total. The van der Waals surface area contributed by atoms with Crippen molar-refractivity contribution in [3.05, 3.63) is 40.7 Å². The third-order valence-corrected chi connectivity index (χ3v) is 3.20. The van der Waals surface area contributed by atoms with Crippen LogP contribution in [0.15, 0.2) is 24.3 Å². The summed E-state index contributed by atoms with van der Waals surface area (Å²) >= 11 is 5.86. The number of hydrogen-bond donors (Lipinski definition) is 2. The second kappa shape index (κ2) is 4.81.